The fourth-order valence-corrected chi connectivity index (χ4v) is 2.48. The van der Waals surface area contributed by atoms with E-state index in [1.165, 1.54) is 25.7 Å². The Morgan fingerprint density at radius 3 is 2.62 bits per heavy atom. The SMILES string of the molecule is OCC1(N2CCCNCC2)CCC1. The van der Waals surface area contributed by atoms with Gasteiger partial charge in [0.2, 0.25) is 0 Å². The van der Waals surface area contributed by atoms with E-state index in [0.29, 0.717) is 6.61 Å². The standard InChI is InChI=1S/C10H20N2O/c13-9-10(3-1-4-10)12-7-2-5-11-6-8-12/h11,13H,1-9H2. The van der Waals surface area contributed by atoms with E-state index in [1.54, 1.807) is 0 Å². The van der Waals surface area contributed by atoms with Crippen molar-refractivity contribution in [3.63, 3.8) is 0 Å². The van der Waals surface area contributed by atoms with E-state index >= 15 is 0 Å². The van der Waals surface area contributed by atoms with Crippen LogP contribution < -0.4 is 5.32 Å². The van der Waals surface area contributed by atoms with Crippen LogP contribution in [0.3, 0.4) is 0 Å². The quantitative estimate of drug-likeness (QED) is 0.643. The molecule has 0 aromatic carbocycles. The molecule has 0 atom stereocenters. The predicted molar refractivity (Wildman–Crippen MR) is 52.7 cm³/mol. The molecule has 1 saturated heterocycles. The lowest BCUT2D eigenvalue weighted by Crippen LogP contribution is -2.57. The summed E-state index contributed by atoms with van der Waals surface area (Å²) in [6.45, 7) is 4.85. The van der Waals surface area contributed by atoms with Gasteiger partial charge in [-0.25, -0.2) is 0 Å². The topological polar surface area (TPSA) is 35.5 Å². The van der Waals surface area contributed by atoms with Crippen LogP contribution in [0.4, 0.5) is 0 Å². The summed E-state index contributed by atoms with van der Waals surface area (Å²) in [6, 6.07) is 0. The van der Waals surface area contributed by atoms with Crippen LogP contribution in [-0.2, 0) is 0 Å². The zero-order chi connectivity index (χ0) is 9.15. The van der Waals surface area contributed by atoms with Gasteiger partial charge < -0.3 is 10.4 Å². The van der Waals surface area contributed by atoms with E-state index in [4.69, 9.17) is 0 Å². The number of nitrogens with one attached hydrogen (secondary N) is 1. The van der Waals surface area contributed by atoms with Crippen molar-refractivity contribution in [3.8, 4) is 0 Å². The van der Waals surface area contributed by atoms with Gasteiger partial charge in [-0.2, -0.15) is 0 Å². The minimum absolute atomic E-state index is 0.173. The van der Waals surface area contributed by atoms with Gasteiger partial charge in [0.25, 0.3) is 0 Å². The van der Waals surface area contributed by atoms with Crippen LogP contribution in [0.2, 0.25) is 0 Å². The van der Waals surface area contributed by atoms with E-state index in [1.807, 2.05) is 0 Å². The van der Waals surface area contributed by atoms with Crippen LogP contribution in [-0.4, -0.2) is 48.3 Å². The van der Waals surface area contributed by atoms with E-state index in [-0.39, 0.29) is 5.54 Å². The van der Waals surface area contributed by atoms with Gasteiger partial charge in [0.15, 0.2) is 0 Å². The fraction of sp³-hybridized carbons (Fsp3) is 1.00. The summed E-state index contributed by atoms with van der Waals surface area (Å²) >= 11 is 0. The molecule has 0 bridgehead atoms. The number of hydrogen-bond donors (Lipinski definition) is 2. The Labute approximate surface area is 80.1 Å². The van der Waals surface area contributed by atoms with Crippen LogP contribution in [0.1, 0.15) is 25.7 Å². The maximum absolute atomic E-state index is 9.42. The molecule has 3 heteroatoms. The van der Waals surface area contributed by atoms with Crippen LogP contribution in [0, 0.1) is 0 Å². The highest BCUT2D eigenvalue weighted by Gasteiger charge is 2.41. The molecule has 1 heterocycles. The van der Waals surface area contributed by atoms with Crippen LogP contribution >= 0.6 is 0 Å². The van der Waals surface area contributed by atoms with E-state index in [9.17, 15) is 5.11 Å². The molecule has 0 unspecified atom stereocenters. The molecule has 2 aliphatic rings. The molecule has 0 aromatic heterocycles. The summed E-state index contributed by atoms with van der Waals surface area (Å²) in [7, 11) is 0. The minimum atomic E-state index is 0.173. The van der Waals surface area contributed by atoms with Crippen LogP contribution in [0.25, 0.3) is 0 Å². The third-order valence-corrected chi connectivity index (χ3v) is 3.59. The zero-order valence-electron chi connectivity index (χ0n) is 8.26. The van der Waals surface area contributed by atoms with Crippen molar-refractivity contribution >= 4 is 0 Å². The number of rotatable bonds is 2. The molecule has 1 aliphatic heterocycles. The summed E-state index contributed by atoms with van der Waals surface area (Å²) in [5, 5.41) is 12.8. The van der Waals surface area contributed by atoms with Crippen LogP contribution in [0.15, 0.2) is 0 Å². The lowest BCUT2D eigenvalue weighted by Gasteiger charge is -2.49. The molecule has 0 radical (unpaired) electrons. The molecule has 2 fully saturated rings. The summed E-state index contributed by atoms with van der Waals surface area (Å²) in [5.41, 5.74) is 0.173. The van der Waals surface area contributed by atoms with E-state index in [2.05, 4.69) is 10.2 Å². The highest BCUT2D eigenvalue weighted by molar-refractivity contribution is 4.98. The second-order valence-electron chi connectivity index (χ2n) is 4.33. The molecule has 2 rings (SSSR count). The average Bonchev–Trinajstić information content (AvgIpc) is 2.32. The summed E-state index contributed by atoms with van der Waals surface area (Å²) in [4.78, 5) is 2.50. The third-order valence-electron chi connectivity index (χ3n) is 3.59. The third kappa shape index (κ3) is 1.73. The Morgan fingerprint density at radius 2 is 2.00 bits per heavy atom. The molecule has 0 aromatic rings. The molecular weight excluding hydrogens is 164 g/mol. The average molecular weight is 184 g/mol. The lowest BCUT2D eigenvalue weighted by molar-refractivity contribution is -0.0253. The van der Waals surface area contributed by atoms with E-state index < -0.39 is 0 Å². The number of aliphatic hydroxyl groups excluding tert-OH is 1. The summed E-state index contributed by atoms with van der Waals surface area (Å²) < 4.78 is 0. The van der Waals surface area contributed by atoms with Crippen molar-refractivity contribution in [2.24, 2.45) is 0 Å². The van der Waals surface area contributed by atoms with Gasteiger partial charge in [0.1, 0.15) is 0 Å². The first-order chi connectivity index (χ1) is 6.37. The van der Waals surface area contributed by atoms with Crippen molar-refractivity contribution in [1.82, 2.24) is 10.2 Å². The highest BCUT2D eigenvalue weighted by Crippen LogP contribution is 2.37. The summed E-state index contributed by atoms with van der Waals surface area (Å²) in [6.07, 6.45) is 4.92. The Kier molecular flexibility index (Phi) is 2.86. The van der Waals surface area contributed by atoms with Gasteiger partial charge in [-0.15, -0.1) is 0 Å². The Balaban J connectivity index is 1.95. The van der Waals surface area contributed by atoms with Crippen molar-refractivity contribution < 1.29 is 5.11 Å². The largest absolute Gasteiger partial charge is 0.394 e. The smallest absolute Gasteiger partial charge is 0.0615 e. The second-order valence-corrected chi connectivity index (χ2v) is 4.33. The first-order valence-electron chi connectivity index (χ1n) is 5.44. The normalized spacial score (nSPS) is 29.3. The van der Waals surface area contributed by atoms with Gasteiger partial charge in [-0.05, 0) is 32.2 Å². The van der Waals surface area contributed by atoms with Crippen molar-refractivity contribution in [1.29, 1.82) is 0 Å². The molecule has 0 amide bonds. The van der Waals surface area contributed by atoms with Crippen molar-refractivity contribution in [3.05, 3.63) is 0 Å². The molecule has 13 heavy (non-hydrogen) atoms. The molecule has 3 nitrogen and oxygen atoms in total. The van der Waals surface area contributed by atoms with Gasteiger partial charge in [0, 0.05) is 25.2 Å². The predicted octanol–water partition coefficient (Wildman–Crippen LogP) is 0.197. The Hall–Kier alpha value is -0.120. The highest BCUT2D eigenvalue weighted by atomic mass is 16.3. The molecule has 1 aliphatic carbocycles. The van der Waals surface area contributed by atoms with E-state index in [0.717, 1.165) is 26.2 Å². The zero-order valence-corrected chi connectivity index (χ0v) is 8.26. The number of nitrogens with zero attached hydrogens (tertiary/aromatic N) is 1. The van der Waals surface area contributed by atoms with Gasteiger partial charge in [0.05, 0.1) is 6.61 Å². The number of hydrogen-bond acceptors (Lipinski definition) is 3. The maximum Gasteiger partial charge on any atom is 0.0615 e. The van der Waals surface area contributed by atoms with Crippen molar-refractivity contribution in [2.75, 3.05) is 32.8 Å². The molecule has 1 saturated carbocycles. The molecule has 2 N–H and O–H groups in total. The maximum atomic E-state index is 9.42. The van der Waals surface area contributed by atoms with Gasteiger partial charge in [-0.1, -0.05) is 0 Å². The lowest BCUT2D eigenvalue weighted by atomic mass is 9.76. The Morgan fingerprint density at radius 1 is 1.15 bits per heavy atom. The van der Waals surface area contributed by atoms with Crippen LogP contribution in [0.5, 0.6) is 0 Å². The minimum Gasteiger partial charge on any atom is -0.394 e. The second kappa shape index (κ2) is 3.95. The number of aliphatic hydroxyl groups is 1. The van der Waals surface area contributed by atoms with Gasteiger partial charge in [-0.3, -0.25) is 4.90 Å². The first-order valence-corrected chi connectivity index (χ1v) is 5.44. The fourth-order valence-electron chi connectivity index (χ4n) is 2.48. The monoisotopic (exact) mass is 184 g/mol. The molecule has 76 valence electrons. The molecule has 0 spiro atoms. The summed E-state index contributed by atoms with van der Waals surface area (Å²) in [5.74, 6) is 0. The van der Waals surface area contributed by atoms with Crippen molar-refractivity contribution in [2.45, 2.75) is 31.2 Å². The van der Waals surface area contributed by atoms with Gasteiger partial charge >= 0.3 is 0 Å². The molecular formula is C10H20N2O. The first kappa shape index (κ1) is 9.44. The Bertz CT molecular complexity index is 155.